The number of amides is 1. The predicted molar refractivity (Wildman–Crippen MR) is 126 cm³/mol. The highest BCUT2D eigenvalue weighted by atomic mass is 19.4. The standard InChI is InChI=1S/C23H27F4N7O3/c1-11(22(2,3)36)33-8-15(24)16(9-33)32-20(35)13-5-12(7-29-21(13)37-4)17-6-14(23(25,26)27)18-19(28)30-10-31-34(17)18/h5-7,10-11,15-16,36H,8-9H2,1-4H3,(H,32,35)(H2,28,30,31)/t11?,15-,16+/m0/s1. The number of nitrogens with zero attached hydrogens (tertiary/aromatic N) is 5. The first-order valence-electron chi connectivity index (χ1n) is 11.4. The van der Waals surface area contributed by atoms with Crippen LogP contribution >= 0.6 is 0 Å². The van der Waals surface area contributed by atoms with Crippen molar-refractivity contribution in [3.8, 4) is 17.1 Å². The number of carbonyl (C=O) groups excluding carboxylic acids is 1. The molecule has 14 heteroatoms. The summed E-state index contributed by atoms with van der Waals surface area (Å²) in [5.74, 6) is -1.18. The van der Waals surface area contributed by atoms with Gasteiger partial charge in [-0.3, -0.25) is 9.69 Å². The van der Waals surface area contributed by atoms with Crippen molar-refractivity contribution in [2.24, 2.45) is 0 Å². The number of aromatic nitrogens is 4. The molecule has 4 N–H and O–H groups in total. The highest BCUT2D eigenvalue weighted by Crippen LogP contribution is 2.39. The summed E-state index contributed by atoms with van der Waals surface area (Å²) in [5, 5.41) is 16.8. The summed E-state index contributed by atoms with van der Waals surface area (Å²) in [6.45, 7) is 5.17. The molecule has 200 valence electrons. The van der Waals surface area contributed by atoms with E-state index in [4.69, 9.17) is 10.5 Å². The van der Waals surface area contributed by atoms with Crippen molar-refractivity contribution in [3.63, 3.8) is 0 Å². The van der Waals surface area contributed by atoms with Gasteiger partial charge in [-0.15, -0.1) is 0 Å². The summed E-state index contributed by atoms with van der Waals surface area (Å²) in [6.07, 6.45) is -3.90. The van der Waals surface area contributed by atoms with Gasteiger partial charge in [0.25, 0.3) is 5.91 Å². The summed E-state index contributed by atoms with van der Waals surface area (Å²) in [6, 6.07) is 0.882. The molecule has 10 nitrogen and oxygen atoms in total. The van der Waals surface area contributed by atoms with Crippen LogP contribution in [-0.2, 0) is 6.18 Å². The third-order valence-electron chi connectivity index (χ3n) is 6.64. The van der Waals surface area contributed by atoms with Gasteiger partial charge < -0.3 is 20.9 Å². The Morgan fingerprint density at radius 3 is 2.59 bits per heavy atom. The topological polar surface area (TPSA) is 131 Å². The van der Waals surface area contributed by atoms with Crippen LogP contribution in [0.4, 0.5) is 23.4 Å². The van der Waals surface area contributed by atoms with E-state index in [-0.39, 0.29) is 47.7 Å². The first kappa shape index (κ1) is 26.5. The number of hydrogen-bond donors (Lipinski definition) is 3. The Hall–Kier alpha value is -3.52. The predicted octanol–water partition coefficient (Wildman–Crippen LogP) is 2.31. The van der Waals surface area contributed by atoms with Gasteiger partial charge in [-0.2, -0.15) is 18.3 Å². The maximum atomic E-state index is 14.8. The lowest BCUT2D eigenvalue weighted by Crippen LogP contribution is -2.48. The van der Waals surface area contributed by atoms with Gasteiger partial charge >= 0.3 is 6.18 Å². The number of carbonyl (C=O) groups is 1. The van der Waals surface area contributed by atoms with Crippen molar-refractivity contribution in [2.75, 3.05) is 25.9 Å². The SMILES string of the molecule is COc1ncc(-c2cc(C(F)(F)F)c3c(N)ncnn23)cc1C(=O)N[C@@H]1CN(C(C)C(C)(C)O)C[C@@H]1F. The molecular formula is C23H27F4N7O3. The van der Waals surface area contributed by atoms with E-state index in [9.17, 15) is 27.5 Å². The van der Waals surface area contributed by atoms with Crippen LogP contribution in [0.2, 0.25) is 0 Å². The van der Waals surface area contributed by atoms with E-state index >= 15 is 0 Å². The van der Waals surface area contributed by atoms with Gasteiger partial charge in [0.15, 0.2) is 5.82 Å². The van der Waals surface area contributed by atoms with Crippen LogP contribution in [0.25, 0.3) is 16.8 Å². The maximum absolute atomic E-state index is 14.8. The van der Waals surface area contributed by atoms with Gasteiger partial charge in [0.1, 0.15) is 23.6 Å². The van der Waals surface area contributed by atoms with Crippen molar-refractivity contribution >= 4 is 17.2 Å². The Morgan fingerprint density at radius 2 is 1.97 bits per heavy atom. The van der Waals surface area contributed by atoms with Crippen LogP contribution in [0, 0.1) is 0 Å². The smallest absolute Gasteiger partial charge is 0.418 e. The van der Waals surface area contributed by atoms with Gasteiger partial charge in [-0.25, -0.2) is 18.9 Å². The van der Waals surface area contributed by atoms with E-state index in [1.165, 1.54) is 19.4 Å². The van der Waals surface area contributed by atoms with Gasteiger partial charge in [0.2, 0.25) is 5.88 Å². The second-order valence-corrected chi connectivity index (χ2v) is 9.51. The van der Waals surface area contributed by atoms with Crippen LogP contribution in [-0.4, -0.2) is 79.6 Å². The first-order valence-corrected chi connectivity index (χ1v) is 11.4. The molecule has 0 radical (unpaired) electrons. The molecule has 0 aromatic carbocycles. The molecule has 4 rings (SSSR count). The number of anilines is 1. The Morgan fingerprint density at radius 1 is 1.27 bits per heavy atom. The lowest BCUT2D eigenvalue weighted by atomic mass is 10.00. The Bertz CT molecular complexity index is 1320. The molecule has 3 aromatic rings. The molecule has 0 spiro atoms. The number of alkyl halides is 4. The van der Waals surface area contributed by atoms with Gasteiger partial charge in [0, 0.05) is 30.9 Å². The van der Waals surface area contributed by atoms with Crippen LogP contribution in [0.15, 0.2) is 24.7 Å². The Kier molecular flexibility index (Phi) is 6.75. The molecule has 1 aliphatic heterocycles. The number of ether oxygens (including phenoxy) is 1. The molecule has 1 fully saturated rings. The first-order chi connectivity index (χ1) is 17.2. The Balaban J connectivity index is 1.68. The zero-order valence-corrected chi connectivity index (χ0v) is 20.5. The normalized spacial score (nSPS) is 19.8. The zero-order valence-electron chi connectivity index (χ0n) is 20.5. The number of likely N-dealkylation sites (tertiary alicyclic amines) is 1. The van der Waals surface area contributed by atoms with Crippen LogP contribution in [0.3, 0.4) is 0 Å². The minimum absolute atomic E-state index is 0.0169. The lowest BCUT2D eigenvalue weighted by molar-refractivity contribution is -0.136. The average molecular weight is 526 g/mol. The second-order valence-electron chi connectivity index (χ2n) is 9.51. The largest absolute Gasteiger partial charge is 0.480 e. The molecule has 1 aliphatic rings. The number of aliphatic hydroxyl groups is 1. The number of fused-ring (bicyclic) bond motifs is 1. The summed E-state index contributed by atoms with van der Waals surface area (Å²) >= 11 is 0. The highest BCUT2D eigenvalue weighted by Gasteiger charge is 2.40. The summed E-state index contributed by atoms with van der Waals surface area (Å²) < 4.78 is 62.0. The molecule has 1 amide bonds. The molecule has 4 heterocycles. The molecule has 1 unspecified atom stereocenters. The summed E-state index contributed by atoms with van der Waals surface area (Å²) in [5.41, 5.74) is 3.13. The quantitative estimate of drug-likeness (QED) is 0.418. The molecule has 0 aliphatic carbocycles. The van der Waals surface area contributed by atoms with E-state index in [1.54, 1.807) is 25.7 Å². The number of methoxy groups -OCH3 is 1. The minimum Gasteiger partial charge on any atom is -0.480 e. The fourth-order valence-electron chi connectivity index (χ4n) is 4.35. The highest BCUT2D eigenvalue weighted by molar-refractivity contribution is 5.98. The molecular weight excluding hydrogens is 498 g/mol. The monoisotopic (exact) mass is 525 g/mol. The number of pyridine rings is 1. The van der Waals surface area contributed by atoms with Crippen LogP contribution in [0.1, 0.15) is 36.7 Å². The van der Waals surface area contributed by atoms with Gasteiger partial charge in [0.05, 0.1) is 30.0 Å². The van der Waals surface area contributed by atoms with Crippen molar-refractivity contribution in [1.29, 1.82) is 0 Å². The van der Waals surface area contributed by atoms with E-state index in [1.807, 2.05) is 0 Å². The van der Waals surface area contributed by atoms with E-state index in [0.717, 1.165) is 16.9 Å². The second kappa shape index (κ2) is 9.41. The fourth-order valence-corrected chi connectivity index (χ4v) is 4.35. The van der Waals surface area contributed by atoms with E-state index in [2.05, 4.69) is 20.4 Å². The lowest BCUT2D eigenvalue weighted by Gasteiger charge is -2.33. The molecule has 0 saturated carbocycles. The minimum atomic E-state index is -4.74. The number of rotatable bonds is 6. The number of halogens is 4. The molecule has 3 aromatic heterocycles. The number of nitrogen functional groups attached to an aromatic ring is 1. The molecule has 3 atom stereocenters. The fraction of sp³-hybridized carbons (Fsp3) is 0.478. The zero-order chi connectivity index (χ0) is 27.3. The Labute approximate surface area is 209 Å². The number of hydrogen-bond acceptors (Lipinski definition) is 8. The van der Waals surface area contributed by atoms with Gasteiger partial charge in [-0.05, 0) is 32.9 Å². The van der Waals surface area contributed by atoms with Crippen molar-refractivity contribution < 1.29 is 32.2 Å². The average Bonchev–Trinajstić information content (AvgIpc) is 3.39. The van der Waals surface area contributed by atoms with Gasteiger partial charge in [-0.1, -0.05) is 0 Å². The van der Waals surface area contributed by atoms with Crippen molar-refractivity contribution in [3.05, 3.63) is 35.8 Å². The van der Waals surface area contributed by atoms with E-state index < -0.39 is 41.0 Å². The van der Waals surface area contributed by atoms with Crippen molar-refractivity contribution in [2.45, 2.75) is 50.8 Å². The summed E-state index contributed by atoms with van der Waals surface area (Å²) in [4.78, 5) is 22.6. The number of nitrogens with two attached hydrogens (primary N) is 1. The maximum Gasteiger partial charge on any atom is 0.418 e. The van der Waals surface area contributed by atoms with E-state index in [0.29, 0.717) is 0 Å². The third-order valence-corrected chi connectivity index (χ3v) is 6.64. The number of nitrogens with one attached hydrogen (secondary N) is 1. The third kappa shape index (κ3) is 5.03. The molecule has 1 saturated heterocycles. The van der Waals surface area contributed by atoms with Crippen LogP contribution in [0.5, 0.6) is 5.88 Å². The van der Waals surface area contributed by atoms with Crippen LogP contribution < -0.4 is 15.8 Å². The summed E-state index contributed by atoms with van der Waals surface area (Å²) in [7, 11) is 1.28. The van der Waals surface area contributed by atoms with Crippen molar-refractivity contribution in [1.82, 2.24) is 29.8 Å². The molecule has 37 heavy (non-hydrogen) atoms. The molecule has 0 bridgehead atoms.